The molecule has 0 saturated heterocycles. The van der Waals surface area contributed by atoms with Crippen LogP contribution in [-0.2, 0) is 9.84 Å². The first-order valence-electron chi connectivity index (χ1n) is 3.14. The molecule has 0 heterocycles. The summed E-state index contributed by atoms with van der Waals surface area (Å²) in [6.45, 7) is 1.76. The van der Waals surface area contributed by atoms with Crippen LogP contribution in [0.15, 0.2) is 0 Å². The van der Waals surface area contributed by atoms with Crippen molar-refractivity contribution >= 4 is 21.6 Å². The Balaban J connectivity index is 3.53. The lowest BCUT2D eigenvalue weighted by atomic mass is 10.5. The fourth-order valence-electron chi connectivity index (χ4n) is 0.414. The zero-order valence-corrected chi connectivity index (χ0v) is 8.20. The van der Waals surface area contributed by atoms with Crippen molar-refractivity contribution in [3.63, 3.8) is 0 Å². The minimum atomic E-state index is -2.86. The van der Waals surface area contributed by atoms with Gasteiger partial charge in [0.1, 0.15) is 9.84 Å². The summed E-state index contributed by atoms with van der Waals surface area (Å²) in [5.41, 5.74) is 0. The van der Waals surface area contributed by atoms with Crippen molar-refractivity contribution in [1.29, 1.82) is 5.26 Å². The van der Waals surface area contributed by atoms with Crippen molar-refractivity contribution in [2.24, 2.45) is 0 Å². The monoisotopic (exact) mass is 193 g/mol. The molecule has 0 aliphatic heterocycles. The molecule has 0 N–H and O–H groups in total. The molecule has 0 aliphatic carbocycles. The highest BCUT2D eigenvalue weighted by molar-refractivity contribution is 8.01. The average Bonchev–Trinajstić information content (AvgIpc) is 1.85. The normalized spacial score (nSPS) is 13.9. The number of thioether (sulfide) groups is 1. The Kier molecular flexibility index (Phi) is 4.54. The van der Waals surface area contributed by atoms with Gasteiger partial charge < -0.3 is 0 Å². The quantitative estimate of drug-likeness (QED) is 0.658. The fourth-order valence-corrected chi connectivity index (χ4v) is 2.44. The zero-order chi connectivity index (χ0) is 8.91. The second-order valence-electron chi connectivity index (χ2n) is 2.27. The summed E-state index contributed by atoms with van der Waals surface area (Å²) in [6, 6.07) is 2.02. The highest BCUT2D eigenvalue weighted by Gasteiger charge is 2.04. The molecule has 0 aromatic rings. The zero-order valence-electron chi connectivity index (χ0n) is 6.57. The van der Waals surface area contributed by atoms with Crippen LogP contribution in [0.3, 0.4) is 0 Å². The average molecular weight is 193 g/mol. The number of hydrogen-bond donors (Lipinski definition) is 0. The van der Waals surface area contributed by atoms with Gasteiger partial charge in [0.2, 0.25) is 0 Å². The summed E-state index contributed by atoms with van der Waals surface area (Å²) in [6.07, 6.45) is 1.20. The lowest BCUT2D eigenvalue weighted by Crippen LogP contribution is -2.07. The maximum atomic E-state index is 10.6. The summed E-state index contributed by atoms with van der Waals surface area (Å²) in [5, 5.41) is 8.23. The van der Waals surface area contributed by atoms with Crippen molar-refractivity contribution in [1.82, 2.24) is 0 Å². The van der Waals surface area contributed by atoms with Gasteiger partial charge in [0.15, 0.2) is 0 Å². The Bertz CT molecular complexity index is 240. The standard InChI is InChI=1S/C6H11NO2S2/c1-6(5-7)10-3-4-11(2,8)9/h6H,3-4H2,1-2H3. The van der Waals surface area contributed by atoms with Crippen LogP contribution in [0.2, 0.25) is 0 Å². The fraction of sp³-hybridized carbons (Fsp3) is 0.833. The minimum absolute atomic E-state index is 0.114. The van der Waals surface area contributed by atoms with Crippen LogP contribution < -0.4 is 0 Å². The van der Waals surface area contributed by atoms with E-state index in [0.717, 1.165) is 0 Å². The Morgan fingerprint density at radius 1 is 1.64 bits per heavy atom. The van der Waals surface area contributed by atoms with Gasteiger partial charge in [-0.05, 0) is 6.92 Å². The molecule has 3 nitrogen and oxygen atoms in total. The number of nitriles is 1. The lowest BCUT2D eigenvalue weighted by Gasteiger charge is -1.99. The summed E-state index contributed by atoms with van der Waals surface area (Å²) in [7, 11) is -2.86. The highest BCUT2D eigenvalue weighted by atomic mass is 32.2. The van der Waals surface area contributed by atoms with Crippen molar-refractivity contribution < 1.29 is 8.42 Å². The molecule has 64 valence electrons. The molecule has 0 rings (SSSR count). The lowest BCUT2D eigenvalue weighted by molar-refractivity contribution is 0.603. The molecular formula is C6H11NO2S2. The summed E-state index contributed by atoms with van der Waals surface area (Å²) in [4.78, 5) is 0. The molecule has 0 spiro atoms. The van der Waals surface area contributed by atoms with E-state index in [2.05, 4.69) is 0 Å². The van der Waals surface area contributed by atoms with Gasteiger partial charge in [0.25, 0.3) is 0 Å². The molecular weight excluding hydrogens is 182 g/mol. The van der Waals surface area contributed by atoms with Gasteiger partial charge in [0.05, 0.1) is 17.1 Å². The molecule has 1 unspecified atom stereocenters. The van der Waals surface area contributed by atoms with Gasteiger partial charge in [0, 0.05) is 12.0 Å². The number of nitrogens with zero attached hydrogens (tertiary/aromatic N) is 1. The maximum Gasteiger partial charge on any atom is 0.148 e. The van der Waals surface area contributed by atoms with E-state index in [4.69, 9.17) is 5.26 Å². The van der Waals surface area contributed by atoms with Gasteiger partial charge >= 0.3 is 0 Å². The molecule has 11 heavy (non-hydrogen) atoms. The van der Waals surface area contributed by atoms with Gasteiger partial charge in [-0.25, -0.2) is 8.42 Å². The van der Waals surface area contributed by atoms with E-state index >= 15 is 0 Å². The van der Waals surface area contributed by atoms with E-state index in [0.29, 0.717) is 5.75 Å². The third kappa shape index (κ3) is 7.69. The molecule has 5 heteroatoms. The number of sulfone groups is 1. The van der Waals surface area contributed by atoms with Crippen LogP contribution in [-0.4, -0.2) is 31.4 Å². The molecule has 0 amide bonds. The Hall–Kier alpha value is -0.210. The van der Waals surface area contributed by atoms with Crippen molar-refractivity contribution in [3.05, 3.63) is 0 Å². The van der Waals surface area contributed by atoms with Crippen LogP contribution in [0, 0.1) is 11.3 Å². The van der Waals surface area contributed by atoms with E-state index in [-0.39, 0.29) is 11.0 Å². The second-order valence-corrected chi connectivity index (χ2v) is 5.98. The second kappa shape index (κ2) is 4.62. The van der Waals surface area contributed by atoms with Crippen molar-refractivity contribution in [2.45, 2.75) is 12.2 Å². The predicted octanol–water partition coefficient (Wildman–Crippen LogP) is 0.676. The van der Waals surface area contributed by atoms with Gasteiger partial charge in [-0.15, -0.1) is 11.8 Å². The van der Waals surface area contributed by atoms with Crippen molar-refractivity contribution in [3.8, 4) is 6.07 Å². The highest BCUT2D eigenvalue weighted by Crippen LogP contribution is 2.08. The van der Waals surface area contributed by atoms with Gasteiger partial charge in [-0.2, -0.15) is 5.26 Å². The summed E-state index contributed by atoms with van der Waals surface area (Å²) < 4.78 is 21.2. The van der Waals surface area contributed by atoms with Crippen LogP contribution >= 0.6 is 11.8 Å². The topological polar surface area (TPSA) is 57.9 Å². The molecule has 0 aromatic heterocycles. The first-order chi connectivity index (χ1) is 4.95. The molecule has 0 fully saturated rings. The van der Waals surface area contributed by atoms with Crippen molar-refractivity contribution in [2.75, 3.05) is 17.8 Å². The molecule has 0 bridgehead atoms. The third-order valence-corrected chi connectivity index (χ3v) is 3.25. The Labute approximate surface area is 71.7 Å². The van der Waals surface area contributed by atoms with Crippen LogP contribution in [0.25, 0.3) is 0 Å². The Morgan fingerprint density at radius 3 is 2.55 bits per heavy atom. The number of rotatable bonds is 4. The first-order valence-corrected chi connectivity index (χ1v) is 6.25. The molecule has 0 radical (unpaired) electrons. The minimum Gasteiger partial charge on any atom is -0.229 e. The van der Waals surface area contributed by atoms with Crippen LogP contribution in [0.5, 0.6) is 0 Å². The van der Waals surface area contributed by atoms with E-state index in [1.165, 1.54) is 18.0 Å². The summed E-state index contributed by atoms with van der Waals surface area (Å²) in [5.74, 6) is 0.664. The number of hydrogen-bond acceptors (Lipinski definition) is 4. The van der Waals surface area contributed by atoms with Gasteiger partial charge in [-0.3, -0.25) is 0 Å². The van der Waals surface area contributed by atoms with E-state index < -0.39 is 9.84 Å². The SMILES string of the molecule is CC(C#N)SCCS(C)(=O)=O. The van der Waals surface area contributed by atoms with E-state index in [1.807, 2.05) is 6.07 Å². The van der Waals surface area contributed by atoms with E-state index in [9.17, 15) is 8.42 Å². The summed E-state index contributed by atoms with van der Waals surface area (Å²) >= 11 is 1.36. The molecule has 1 atom stereocenters. The van der Waals surface area contributed by atoms with E-state index in [1.54, 1.807) is 6.92 Å². The maximum absolute atomic E-state index is 10.6. The molecule has 0 saturated carbocycles. The largest absolute Gasteiger partial charge is 0.229 e. The van der Waals surface area contributed by atoms with Crippen LogP contribution in [0.1, 0.15) is 6.92 Å². The predicted molar refractivity (Wildman–Crippen MR) is 47.2 cm³/mol. The smallest absolute Gasteiger partial charge is 0.148 e. The molecule has 0 aromatic carbocycles. The van der Waals surface area contributed by atoms with Crippen LogP contribution in [0.4, 0.5) is 0 Å². The molecule has 0 aliphatic rings. The Morgan fingerprint density at radius 2 is 2.18 bits per heavy atom. The third-order valence-electron chi connectivity index (χ3n) is 1.00. The first kappa shape index (κ1) is 10.8. The van der Waals surface area contributed by atoms with Gasteiger partial charge in [-0.1, -0.05) is 0 Å².